The van der Waals surface area contributed by atoms with Crippen molar-refractivity contribution >= 4 is 46.5 Å². The number of carboxylic acids is 2. The van der Waals surface area contributed by atoms with Gasteiger partial charge in [-0.25, -0.2) is 14.4 Å². The van der Waals surface area contributed by atoms with Gasteiger partial charge in [0, 0.05) is 69.2 Å². The molecule has 6 rings (SSSR count). The van der Waals surface area contributed by atoms with Crippen molar-refractivity contribution in [3.8, 4) is 0 Å². The maximum absolute atomic E-state index is 12.2. The molecule has 68 heavy (non-hydrogen) atoms. The third kappa shape index (κ3) is 17.7. The molecule has 0 fully saturated rings. The molecular weight excluding hydrogens is 1180 g/mol. The van der Waals surface area contributed by atoms with Crippen LogP contribution in [0.3, 0.4) is 0 Å². The van der Waals surface area contributed by atoms with Gasteiger partial charge in [-0.05, 0) is 35.1 Å². The average Bonchev–Trinajstić information content (AvgIpc) is 3.80. The van der Waals surface area contributed by atoms with Crippen LogP contribution < -0.4 is 63.1 Å². The molecule has 1 unspecified atom stereocenters. The Kier molecular flexibility index (Phi) is 33.6. The quantitative estimate of drug-likeness (QED) is 0.0904. The van der Waals surface area contributed by atoms with Gasteiger partial charge in [0.05, 0.1) is 25.1 Å². The van der Waals surface area contributed by atoms with E-state index in [9.17, 15) is 33.9 Å². The number of hydrogen-bond acceptors (Lipinski definition) is 18. The molecule has 0 saturated carbocycles. The van der Waals surface area contributed by atoms with Crippen LogP contribution in [0.4, 0.5) is 34.5 Å². The number of aliphatic hydroxyl groups excluding tert-OH is 4. The predicted octanol–water partition coefficient (Wildman–Crippen LogP) is -2.12. The minimum atomic E-state index is -0.961. The van der Waals surface area contributed by atoms with Crippen LogP contribution in [0, 0.1) is 20.0 Å². The van der Waals surface area contributed by atoms with Gasteiger partial charge in [-0.3, -0.25) is 51.4 Å². The van der Waals surface area contributed by atoms with Gasteiger partial charge in [-0.2, -0.15) is 20.0 Å². The number of carbonyl (C=O) groups is 2. The maximum atomic E-state index is 12.2. The molecule has 0 aliphatic carbocycles. The third-order valence-corrected chi connectivity index (χ3v) is 8.69. The van der Waals surface area contributed by atoms with E-state index in [0.717, 1.165) is 27.5 Å². The number of hydrogen-bond donors (Lipinski definition) is 6. The van der Waals surface area contributed by atoms with Gasteiger partial charge in [0.2, 0.25) is 0 Å². The van der Waals surface area contributed by atoms with Crippen LogP contribution in [0.15, 0.2) is 41.1 Å². The first kappa shape index (κ1) is 72.4. The van der Waals surface area contributed by atoms with E-state index in [-0.39, 0.29) is 123 Å². The van der Waals surface area contributed by atoms with Crippen molar-refractivity contribution in [2.75, 3.05) is 83.9 Å². The molecule has 6 N–H and O–H groups in total. The molecule has 0 saturated heterocycles. The van der Waals surface area contributed by atoms with E-state index >= 15 is 0 Å². The summed E-state index contributed by atoms with van der Waals surface area (Å²) in [7, 11) is 16.3. The topological polar surface area (TPSA) is 307 Å². The van der Waals surface area contributed by atoms with Gasteiger partial charge in [-0.1, -0.05) is 21.4 Å². The number of anilines is 6. The van der Waals surface area contributed by atoms with E-state index < -0.39 is 35.9 Å². The van der Waals surface area contributed by atoms with Crippen LogP contribution in [0.5, 0.6) is 0 Å². The number of aliphatic hydroxyl groups is 4. The number of β-amino-alcohol motifs (C(OH)–C–C–N with tert-alkyl or cyclic N) is 2. The monoisotopic (exact) mass is 1250 g/mol. The summed E-state index contributed by atoms with van der Waals surface area (Å²) in [6.07, 6.45) is -0.961. The minimum absolute atomic E-state index is 0. The van der Waals surface area contributed by atoms with E-state index in [2.05, 4.69) is 6.58 Å². The Bertz CT molecular complexity index is 2480. The SMILES string of the molecule is C.C.C=C(C)O.CC(=O)O.CC(=O)O.CN1[CH-]N(C)c2c1c(=O)n(C)c(=O)n2C.CN1[CH-]N(CC(O)CO)c2c1n(C)c(=O)n(C)c2=O.CN1[CH-]N(CCO)c2c1n(C)c(=O)n(C)c2=O.[Ag+].[Ag+].[Ag+]. The molecule has 0 amide bonds. The Morgan fingerprint density at radius 2 is 0.779 bits per heavy atom. The summed E-state index contributed by atoms with van der Waals surface area (Å²) in [6, 6.07) is 0. The molecule has 3 aromatic rings. The van der Waals surface area contributed by atoms with Crippen molar-refractivity contribution in [3.63, 3.8) is 0 Å². The van der Waals surface area contributed by atoms with Crippen LogP contribution in [-0.4, -0.2) is 131 Å². The van der Waals surface area contributed by atoms with Crippen LogP contribution in [0.2, 0.25) is 0 Å². The molecule has 26 nitrogen and oxygen atoms in total. The Balaban J connectivity index is -0.000000253. The molecule has 0 radical (unpaired) electrons. The molecular formula is C39H67Ag3N12O14. The van der Waals surface area contributed by atoms with Crippen molar-refractivity contribution in [1.82, 2.24) is 27.4 Å². The van der Waals surface area contributed by atoms with Crippen molar-refractivity contribution in [2.45, 2.75) is 41.7 Å². The first-order valence-electron chi connectivity index (χ1n) is 18.5. The fraction of sp³-hybridized carbons (Fsp3) is 0.513. The predicted molar refractivity (Wildman–Crippen MR) is 250 cm³/mol. The zero-order chi connectivity index (χ0) is 49.1. The van der Waals surface area contributed by atoms with Crippen LogP contribution in [-0.2, 0) is 119 Å². The summed E-state index contributed by atoms with van der Waals surface area (Å²) >= 11 is 0. The molecule has 6 heterocycles. The summed E-state index contributed by atoms with van der Waals surface area (Å²) in [6.45, 7) is 11.8. The fourth-order valence-corrected chi connectivity index (χ4v) is 6.19. The second-order valence-electron chi connectivity index (χ2n) is 14.1. The van der Waals surface area contributed by atoms with Crippen molar-refractivity contribution < 1.29 is 107 Å². The van der Waals surface area contributed by atoms with Gasteiger partial charge in [0.25, 0.3) is 28.6 Å². The number of aliphatic carboxylic acids is 2. The molecule has 3 aromatic heterocycles. The number of rotatable bonds is 5. The van der Waals surface area contributed by atoms with Crippen molar-refractivity contribution in [3.05, 3.63) is 94.9 Å². The molecule has 0 spiro atoms. The number of nitrogens with zero attached hydrogens (tertiary/aromatic N) is 12. The van der Waals surface area contributed by atoms with Gasteiger partial charge in [0.1, 0.15) is 34.5 Å². The molecule has 400 valence electrons. The first-order valence-corrected chi connectivity index (χ1v) is 18.5. The summed E-state index contributed by atoms with van der Waals surface area (Å²) in [5.41, 5.74) is -0.854. The second kappa shape index (κ2) is 31.5. The third-order valence-electron chi connectivity index (χ3n) is 8.69. The van der Waals surface area contributed by atoms with Gasteiger partial charge in [0.15, 0.2) is 0 Å². The molecule has 0 aromatic carbocycles. The number of aromatic nitrogens is 6. The largest absolute Gasteiger partial charge is 1.00 e. The summed E-state index contributed by atoms with van der Waals surface area (Å²) in [4.78, 5) is 99.4. The smallest absolute Gasteiger partial charge is 0.513 e. The van der Waals surface area contributed by atoms with Crippen molar-refractivity contribution in [2.24, 2.45) is 42.3 Å². The van der Waals surface area contributed by atoms with E-state index in [1.807, 2.05) is 0 Å². The van der Waals surface area contributed by atoms with Crippen LogP contribution in [0.25, 0.3) is 0 Å². The summed E-state index contributed by atoms with van der Waals surface area (Å²) < 4.78 is 7.46. The van der Waals surface area contributed by atoms with Crippen molar-refractivity contribution in [1.29, 1.82) is 0 Å². The zero-order valence-electron chi connectivity index (χ0n) is 38.6. The van der Waals surface area contributed by atoms with E-state index in [1.165, 1.54) is 46.7 Å². The number of allylic oxidation sites excluding steroid dienone is 1. The molecule has 29 heteroatoms. The second-order valence-corrected chi connectivity index (χ2v) is 14.1. The Labute approximate surface area is 441 Å². The van der Waals surface area contributed by atoms with Crippen LogP contribution >= 0.6 is 0 Å². The standard InChI is InChI=1S/C11H17N4O4.C10H15N4O3.C9H13N4O2.C3H6O.2C2H4O2.2CH4.3Ag/c1-12-6-15(4-7(17)5-16)8-9(12)13(2)11(19)14(3)10(8)18;1-11-6-14(4-5-15)7-8(11)12(2)10(17)13(3)9(7)16;1-10-5-11(2)7-6(10)8(14)13(4)9(15)12(7)3;1-3(2)4;2*1-2(3)4;;;;;/h6-7,16-17H,4-5H2,1-3H3;6,15H,4-5H2,1-3H3;5H,1-4H3;4H,1H2,2H3;2*1H3,(H,3,4);2*1H4;;;/q3*-1;;;;;;3*+1. The fourth-order valence-electron chi connectivity index (χ4n) is 6.19. The maximum Gasteiger partial charge on any atom is 1.00 e. The van der Waals surface area contributed by atoms with Gasteiger partial charge < -0.3 is 60.0 Å². The normalized spacial score (nSPS) is 12.4. The van der Waals surface area contributed by atoms with E-state index in [0.29, 0.717) is 41.1 Å². The Morgan fingerprint density at radius 3 is 1.09 bits per heavy atom. The summed E-state index contributed by atoms with van der Waals surface area (Å²) in [5, 5.41) is 50.1. The molecule has 3 aliphatic rings. The Morgan fingerprint density at radius 1 is 0.515 bits per heavy atom. The zero-order valence-corrected chi connectivity index (χ0v) is 43.0. The Hall–Kier alpha value is -4.58. The van der Waals surface area contributed by atoms with Gasteiger partial charge in [-0.15, -0.1) is 0 Å². The average molecular weight is 1250 g/mol. The number of carboxylic acid groups (broad SMARTS) is 2. The van der Waals surface area contributed by atoms with E-state index in [1.54, 1.807) is 93.8 Å². The minimum Gasteiger partial charge on any atom is -0.513 e. The summed E-state index contributed by atoms with van der Waals surface area (Å²) in [5.74, 6) is 0.149. The van der Waals surface area contributed by atoms with Crippen LogP contribution in [0.1, 0.15) is 35.6 Å². The number of fused-ring (bicyclic) bond motifs is 3. The molecule has 3 aliphatic heterocycles. The van der Waals surface area contributed by atoms with E-state index in [4.69, 9.17) is 35.1 Å². The van der Waals surface area contributed by atoms with Gasteiger partial charge >= 0.3 is 84.2 Å². The molecule has 1 atom stereocenters. The molecule has 0 bridgehead atoms. The first-order chi connectivity index (χ1) is 29.0.